The molecule has 9 heteroatoms. The van der Waals surface area contributed by atoms with Gasteiger partial charge >= 0.3 is 12.3 Å². The lowest BCUT2D eigenvalue weighted by molar-refractivity contribution is -0.137. The van der Waals surface area contributed by atoms with Crippen molar-refractivity contribution in [1.29, 1.82) is 0 Å². The van der Waals surface area contributed by atoms with Crippen LogP contribution in [0.4, 0.5) is 18.0 Å². The maximum atomic E-state index is 13.0. The van der Waals surface area contributed by atoms with E-state index in [0.717, 1.165) is 12.1 Å². The smallest absolute Gasteiger partial charge is 0.416 e. The number of carbonyl (C=O) groups is 2. The summed E-state index contributed by atoms with van der Waals surface area (Å²) in [5, 5.41) is 8.88. The second-order valence-corrected chi connectivity index (χ2v) is 9.15. The third-order valence-corrected chi connectivity index (χ3v) is 5.67. The van der Waals surface area contributed by atoms with E-state index in [-0.39, 0.29) is 24.4 Å². The molecular formula is C21H28F3N3O3. The Kier molecular flexibility index (Phi) is 6.04. The number of hydrogen-bond acceptors (Lipinski definition) is 4. The number of ether oxygens (including phenoxy) is 1. The van der Waals surface area contributed by atoms with E-state index in [1.807, 2.05) is 0 Å². The van der Waals surface area contributed by atoms with Gasteiger partial charge in [0.15, 0.2) is 0 Å². The molecule has 0 radical (unpaired) electrons. The van der Waals surface area contributed by atoms with Gasteiger partial charge in [-0.15, -0.1) is 0 Å². The molecule has 3 unspecified atom stereocenters. The predicted molar refractivity (Wildman–Crippen MR) is 104 cm³/mol. The number of amides is 2. The van der Waals surface area contributed by atoms with Crippen molar-refractivity contribution in [2.45, 2.75) is 58.0 Å². The van der Waals surface area contributed by atoms with Crippen LogP contribution in [0.15, 0.2) is 24.3 Å². The van der Waals surface area contributed by atoms with Gasteiger partial charge in [-0.25, -0.2) is 4.79 Å². The summed E-state index contributed by atoms with van der Waals surface area (Å²) in [4.78, 5) is 25.1. The highest BCUT2D eigenvalue weighted by atomic mass is 19.4. The molecule has 1 aliphatic carbocycles. The third kappa shape index (κ3) is 5.06. The third-order valence-electron chi connectivity index (χ3n) is 5.67. The Morgan fingerprint density at radius 2 is 2.00 bits per heavy atom. The fourth-order valence-electron chi connectivity index (χ4n) is 4.38. The lowest BCUT2D eigenvalue weighted by atomic mass is 9.79. The first-order valence-electron chi connectivity index (χ1n) is 10.0. The van der Waals surface area contributed by atoms with Crippen molar-refractivity contribution in [3.05, 3.63) is 35.4 Å². The van der Waals surface area contributed by atoms with E-state index in [2.05, 4.69) is 16.0 Å². The van der Waals surface area contributed by atoms with Crippen LogP contribution in [-0.4, -0.2) is 36.7 Å². The Bertz CT molecular complexity index is 807. The van der Waals surface area contributed by atoms with Crippen LogP contribution in [0.3, 0.4) is 0 Å². The topological polar surface area (TPSA) is 79.5 Å². The van der Waals surface area contributed by atoms with Gasteiger partial charge < -0.3 is 20.7 Å². The molecule has 1 saturated carbocycles. The summed E-state index contributed by atoms with van der Waals surface area (Å²) in [6.45, 7) is 6.48. The minimum Gasteiger partial charge on any atom is -0.444 e. The highest BCUT2D eigenvalue weighted by Crippen LogP contribution is 2.46. The fourth-order valence-corrected chi connectivity index (χ4v) is 4.38. The number of benzene rings is 1. The number of fused-ring (bicyclic) bond motifs is 1. The summed E-state index contributed by atoms with van der Waals surface area (Å²) in [5.74, 6) is -0.164. The van der Waals surface area contributed by atoms with Crippen LogP contribution in [0.2, 0.25) is 0 Å². The zero-order valence-electron chi connectivity index (χ0n) is 17.4. The molecule has 0 spiro atoms. The van der Waals surface area contributed by atoms with Crippen molar-refractivity contribution >= 4 is 12.0 Å². The standard InChI is InChI=1S/C21H28F3N3O3/c1-19(2,3)30-18(29)27-16-8-15-11-25-12-20(15,9-16)17(28)26-10-13-5-4-6-14(7-13)21(22,23)24/h4-7,15-16,25H,8-12H2,1-3H3,(H,26,28)(H,27,29). The summed E-state index contributed by atoms with van der Waals surface area (Å²) in [6, 6.07) is 4.75. The van der Waals surface area contributed by atoms with Gasteiger partial charge in [0.05, 0.1) is 11.0 Å². The van der Waals surface area contributed by atoms with Gasteiger partial charge in [-0.05, 0) is 63.8 Å². The molecular weight excluding hydrogens is 399 g/mol. The highest BCUT2D eigenvalue weighted by Gasteiger charge is 2.55. The normalized spacial score (nSPS) is 26.2. The van der Waals surface area contributed by atoms with Gasteiger partial charge in [-0.2, -0.15) is 13.2 Å². The number of rotatable bonds is 4. The van der Waals surface area contributed by atoms with Crippen molar-refractivity contribution in [1.82, 2.24) is 16.0 Å². The SMILES string of the molecule is CC(C)(C)OC(=O)NC1CC2CNCC2(C(=O)NCc2cccc(C(F)(F)F)c2)C1. The fraction of sp³-hybridized carbons (Fsp3) is 0.619. The van der Waals surface area contributed by atoms with Crippen LogP contribution in [0.1, 0.15) is 44.7 Å². The van der Waals surface area contributed by atoms with E-state index in [1.165, 1.54) is 6.07 Å². The van der Waals surface area contributed by atoms with E-state index in [9.17, 15) is 22.8 Å². The second-order valence-electron chi connectivity index (χ2n) is 9.15. The highest BCUT2D eigenvalue weighted by molar-refractivity contribution is 5.84. The molecule has 1 aliphatic heterocycles. The minimum absolute atomic E-state index is 0.0153. The van der Waals surface area contributed by atoms with Crippen molar-refractivity contribution in [3.63, 3.8) is 0 Å². The van der Waals surface area contributed by atoms with Crippen LogP contribution in [-0.2, 0) is 22.3 Å². The molecule has 30 heavy (non-hydrogen) atoms. The molecule has 0 bridgehead atoms. The Morgan fingerprint density at radius 1 is 1.27 bits per heavy atom. The van der Waals surface area contributed by atoms with E-state index < -0.39 is 28.8 Å². The first-order chi connectivity index (χ1) is 13.9. The van der Waals surface area contributed by atoms with Gasteiger partial charge in [0.2, 0.25) is 5.91 Å². The summed E-state index contributed by atoms with van der Waals surface area (Å²) in [5.41, 5.74) is -1.66. The molecule has 3 atom stereocenters. The number of alkyl halides is 3. The molecule has 1 aromatic rings. The van der Waals surface area contributed by atoms with Gasteiger partial charge in [0.25, 0.3) is 0 Å². The average molecular weight is 427 g/mol. The summed E-state index contributed by atoms with van der Waals surface area (Å²) < 4.78 is 44.0. The van der Waals surface area contributed by atoms with Crippen molar-refractivity contribution in [3.8, 4) is 0 Å². The maximum absolute atomic E-state index is 13.0. The molecule has 3 rings (SSSR count). The molecule has 6 nitrogen and oxygen atoms in total. The molecule has 2 fully saturated rings. The maximum Gasteiger partial charge on any atom is 0.416 e. The molecule has 0 aromatic heterocycles. The van der Waals surface area contributed by atoms with Crippen LogP contribution in [0.25, 0.3) is 0 Å². The zero-order valence-corrected chi connectivity index (χ0v) is 17.4. The molecule has 1 heterocycles. The number of alkyl carbamates (subject to hydrolysis) is 1. The Labute approximate surface area is 173 Å². The number of carbonyl (C=O) groups excluding carboxylic acids is 2. The minimum atomic E-state index is -4.43. The van der Waals surface area contributed by atoms with E-state index in [4.69, 9.17) is 4.74 Å². The second kappa shape index (κ2) is 8.09. The van der Waals surface area contributed by atoms with E-state index in [0.29, 0.717) is 31.5 Å². The Hall–Kier alpha value is -2.29. The number of hydrogen-bond donors (Lipinski definition) is 3. The monoisotopic (exact) mass is 427 g/mol. The molecule has 1 saturated heterocycles. The average Bonchev–Trinajstić information content (AvgIpc) is 3.15. The first kappa shape index (κ1) is 22.4. The van der Waals surface area contributed by atoms with Crippen molar-refractivity contribution in [2.75, 3.05) is 13.1 Å². The summed E-state index contributed by atoms with van der Waals surface area (Å²) in [6.07, 6.45) is -3.84. The quantitative estimate of drug-likeness (QED) is 0.690. The molecule has 166 valence electrons. The number of halogens is 3. The van der Waals surface area contributed by atoms with E-state index in [1.54, 1.807) is 26.8 Å². The van der Waals surface area contributed by atoms with Crippen molar-refractivity contribution < 1.29 is 27.5 Å². The predicted octanol–water partition coefficient (Wildman–Crippen LogP) is 3.21. The largest absolute Gasteiger partial charge is 0.444 e. The van der Waals surface area contributed by atoms with E-state index >= 15 is 0 Å². The van der Waals surface area contributed by atoms with Gasteiger partial charge in [0, 0.05) is 19.1 Å². The van der Waals surface area contributed by atoms with Crippen LogP contribution in [0, 0.1) is 11.3 Å². The van der Waals surface area contributed by atoms with Gasteiger partial charge in [-0.1, -0.05) is 12.1 Å². The first-order valence-corrected chi connectivity index (χ1v) is 10.0. The lowest BCUT2D eigenvalue weighted by Crippen LogP contribution is -2.45. The van der Waals surface area contributed by atoms with Gasteiger partial charge in [0.1, 0.15) is 5.60 Å². The molecule has 2 amide bonds. The van der Waals surface area contributed by atoms with Crippen LogP contribution >= 0.6 is 0 Å². The molecule has 3 N–H and O–H groups in total. The Balaban J connectivity index is 1.63. The van der Waals surface area contributed by atoms with Crippen LogP contribution < -0.4 is 16.0 Å². The molecule has 2 aliphatic rings. The van der Waals surface area contributed by atoms with Crippen molar-refractivity contribution in [2.24, 2.45) is 11.3 Å². The summed E-state index contributed by atoms with van der Waals surface area (Å²) in [7, 11) is 0. The number of nitrogens with one attached hydrogen (secondary N) is 3. The van der Waals surface area contributed by atoms with Gasteiger partial charge in [-0.3, -0.25) is 4.79 Å². The van der Waals surface area contributed by atoms with Crippen LogP contribution in [0.5, 0.6) is 0 Å². The Morgan fingerprint density at radius 3 is 2.67 bits per heavy atom. The zero-order chi connectivity index (χ0) is 22.2. The molecule has 1 aromatic carbocycles. The summed E-state index contributed by atoms with van der Waals surface area (Å²) >= 11 is 0. The lowest BCUT2D eigenvalue weighted by Gasteiger charge is -2.27.